The molecule has 0 atom stereocenters. The zero-order valence-electron chi connectivity index (χ0n) is 14.1. The molecule has 8 nitrogen and oxygen atoms in total. The van der Waals surface area contributed by atoms with E-state index < -0.39 is 0 Å². The summed E-state index contributed by atoms with van der Waals surface area (Å²) in [6, 6.07) is 8.88. The van der Waals surface area contributed by atoms with Crippen molar-refractivity contribution in [1.82, 2.24) is 19.7 Å². The van der Waals surface area contributed by atoms with Crippen molar-refractivity contribution < 1.29 is 9.84 Å². The number of para-hydroxylation sites is 1. The summed E-state index contributed by atoms with van der Waals surface area (Å²) in [5, 5.41) is 18.5. The number of nitrogens with zero attached hydrogens (tertiary/aromatic N) is 5. The summed E-state index contributed by atoms with van der Waals surface area (Å²) in [7, 11) is 1.50. The Morgan fingerprint density at radius 2 is 2.08 bits per heavy atom. The average molecular weight is 338 g/mol. The predicted molar refractivity (Wildman–Crippen MR) is 94.5 cm³/mol. The number of rotatable bonds is 5. The van der Waals surface area contributed by atoms with Crippen LogP contribution in [0.15, 0.2) is 41.8 Å². The quantitative estimate of drug-likeness (QED) is 0.548. The van der Waals surface area contributed by atoms with Gasteiger partial charge in [-0.2, -0.15) is 10.2 Å². The minimum Gasteiger partial charge on any atom is -0.504 e. The maximum atomic E-state index is 10.0. The third kappa shape index (κ3) is 3.57. The van der Waals surface area contributed by atoms with Gasteiger partial charge in [-0.3, -0.25) is 5.43 Å². The van der Waals surface area contributed by atoms with E-state index in [1.165, 1.54) is 19.7 Å². The maximum absolute atomic E-state index is 10.0. The molecule has 0 unspecified atom stereocenters. The van der Waals surface area contributed by atoms with Crippen molar-refractivity contribution in [3.05, 3.63) is 53.6 Å². The number of hydrogen-bond acceptors (Lipinski definition) is 7. The van der Waals surface area contributed by atoms with Crippen LogP contribution in [-0.4, -0.2) is 38.2 Å². The van der Waals surface area contributed by atoms with E-state index in [0.29, 0.717) is 22.9 Å². The molecular formula is C17H18N6O2. The third-order valence-electron chi connectivity index (χ3n) is 3.51. The number of ether oxygens (including phenoxy) is 1. The average Bonchev–Trinajstić information content (AvgIpc) is 2.95. The standard InChI is InChI=1S/C17H18N6O2/c1-11-7-12(2)23(22-11)16-8-15(18-10-19-16)21-20-9-13-5-4-6-14(25-3)17(13)24/h4-10,24H,1-3H3,(H,18,19,21). The first-order chi connectivity index (χ1) is 12.1. The van der Waals surface area contributed by atoms with Crippen molar-refractivity contribution in [2.75, 3.05) is 12.5 Å². The summed E-state index contributed by atoms with van der Waals surface area (Å²) in [6.45, 7) is 3.88. The van der Waals surface area contributed by atoms with E-state index >= 15 is 0 Å². The maximum Gasteiger partial charge on any atom is 0.166 e. The van der Waals surface area contributed by atoms with Gasteiger partial charge in [0, 0.05) is 17.3 Å². The highest BCUT2D eigenvalue weighted by Crippen LogP contribution is 2.28. The Labute approximate surface area is 144 Å². The highest BCUT2D eigenvalue weighted by atomic mass is 16.5. The lowest BCUT2D eigenvalue weighted by Gasteiger charge is -2.06. The Bertz CT molecular complexity index is 919. The molecule has 0 saturated carbocycles. The van der Waals surface area contributed by atoms with Crippen LogP contribution >= 0.6 is 0 Å². The molecule has 0 radical (unpaired) electrons. The van der Waals surface area contributed by atoms with Gasteiger partial charge in [0.25, 0.3) is 0 Å². The van der Waals surface area contributed by atoms with Crippen molar-refractivity contribution in [1.29, 1.82) is 0 Å². The van der Waals surface area contributed by atoms with Gasteiger partial charge < -0.3 is 9.84 Å². The largest absolute Gasteiger partial charge is 0.504 e. The normalized spacial score (nSPS) is 11.0. The number of phenolic OH excluding ortho intramolecular Hbond substituents is 1. The molecule has 0 amide bonds. The minimum atomic E-state index is 0.0292. The van der Waals surface area contributed by atoms with Crippen LogP contribution in [0.5, 0.6) is 11.5 Å². The first-order valence-corrected chi connectivity index (χ1v) is 7.59. The van der Waals surface area contributed by atoms with Crippen LogP contribution in [0.25, 0.3) is 5.82 Å². The molecule has 2 heterocycles. The van der Waals surface area contributed by atoms with Crippen molar-refractivity contribution in [2.45, 2.75) is 13.8 Å². The molecular weight excluding hydrogens is 320 g/mol. The van der Waals surface area contributed by atoms with Crippen molar-refractivity contribution in [3.63, 3.8) is 0 Å². The van der Waals surface area contributed by atoms with Crippen molar-refractivity contribution >= 4 is 12.0 Å². The molecule has 0 fully saturated rings. The Morgan fingerprint density at radius 1 is 1.24 bits per heavy atom. The lowest BCUT2D eigenvalue weighted by atomic mass is 10.2. The fraction of sp³-hybridized carbons (Fsp3) is 0.176. The fourth-order valence-electron chi connectivity index (χ4n) is 2.36. The number of aromatic nitrogens is 4. The second-order valence-corrected chi connectivity index (χ2v) is 5.37. The van der Waals surface area contributed by atoms with Gasteiger partial charge in [-0.15, -0.1) is 0 Å². The smallest absolute Gasteiger partial charge is 0.166 e. The van der Waals surface area contributed by atoms with E-state index in [9.17, 15) is 5.11 Å². The Balaban J connectivity index is 1.78. The van der Waals surface area contributed by atoms with E-state index in [4.69, 9.17) is 4.74 Å². The second-order valence-electron chi connectivity index (χ2n) is 5.37. The molecule has 8 heteroatoms. The van der Waals surface area contributed by atoms with Gasteiger partial charge in [0.05, 0.1) is 19.0 Å². The Morgan fingerprint density at radius 3 is 2.80 bits per heavy atom. The van der Waals surface area contributed by atoms with Crippen LogP contribution in [0.1, 0.15) is 17.0 Å². The molecule has 2 aromatic heterocycles. The van der Waals surface area contributed by atoms with E-state index in [2.05, 4.69) is 25.6 Å². The summed E-state index contributed by atoms with van der Waals surface area (Å²) in [5.41, 5.74) is 5.24. The molecule has 0 aliphatic carbocycles. The van der Waals surface area contributed by atoms with Gasteiger partial charge in [0.2, 0.25) is 0 Å². The molecule has 1 aromatic carbocycles. The van der Waals surface area contributed by atoms with E-state index in [1.807, 2.05) is 19.9 Å². The molecule has 0 aliphatic heterocycles. The number of phenols is 1. The Hall–Kier alpha value is -3.42. The number of aryl methyl sites for hydroxylation is 2. The highest BCUT2D eigenvalue weighted by Gasteiger charge is 2.07. The first-order valence-electron chi connectivity index (χ1n) is 7.59. The summed E-state index contributed by atoms with van der Waals surface area (Å²) in [5.74, 6) is 1.57. The lowest BCUT2D eigenvalue weighted by molar-refractivity contribution is 0.373. The highest BCUT2D eigenvalue weighted by molar-refractivity contribution is 5.85. The van der Waals surface area contributed by atoms with Gasteiger partial charge in [-0.25, -0.2) is 14.6 Å². The predicted octanol–water partition coefficient (Wildman–Crippen LogP) is 2.44. The Kier molecular flexibility index (Phi) is 4.60. The molecule has 0 saturated heterocycles. The number of hydrogen-bond donors (Lipinski definition) is 2. The number of methoxy groups -OCH3 is 1. The van der Waals surface area contributed by atoms with Gasteiger partial charge in [-0.1, -0.05) is 6.07 Å². The summed E-state index contributed by atoms with van der Waals surface area (Å²) >= 11 is 0. The van der Waals surface area contributed by atoms with E-state index in [1.54, 1.807) is 28.9 Å². The van der Waals surface area contributed by atoms with Crippen LogP contribution < -0.4 is 10.2 Å². The van der Waals surface area contributed by atoms with E-state index in [-0.39, 0.29) is 5.75 Å². The van der Waals surface area contributed by atoms with E-state index in [0.717, 1.165) is 11.4 Å². The second kappa shape index (κ2) is 7.00. The van der Waals surface area contributed by atoms with Gasteiger partial charge >= 0.3 is 0 Å². The summed E-state index contributed by atoms with van der Waals surface area (Å²) in [6.07, 6.45) is 2.93. The minimum absolute atomic E-state index is 0.0292. The number of anilines is 1. The third-order valence-corrected chi connectivity index (χ3v) is 3.51. The molecule has 3 rings (SSSR count). The molecule has 2 N–H and O–H groups in total. The first kappa shape index (κ1) is 16.4. The summed E-state index contributed by atoms with van der Waals surface area (Å²) < 4.78 is 6.80. The molecule has 0 aliphatic rings. The number of nitrogens with one attached hydrogen (secondary N) is 1. The van der Waals surface area contributed by atoms with Crippen LogP contribution in [0.3, 0.4) is 0 Å². The van der Waals surface area contributed by atoms with Gasteiger partial charge in [0.15, 0.2) is 23.1 Å². The topological polar surface area (TPSA) is 97.5 Å². The fourth-order valence-corrected chi connectivity index (χ4v) is 2.36. The number of hydrazone groups is 1. The van der Waals surface area contributed by atoms with Crippen molar-refractivity contribution in [3.8, 4) is 17.3 Å². The SMILES string of the molecule is COc1cccc(C=NNc2cc(-n3nc(C)cc3C)ncn2)c1O. The zero-order valence-corrected chi connectivity index (χ0v) is 14.1. The molecule has 25 heavy (non-hydrogen) atoms. The van der Waals surface area contributed by atoms with Crippen LogP contribution in [0, 0.1) is 13.8 Å². The zero-order chi connectivity index (χ0) is 17.8. The van der Waals surface area contributed by atoms with Crippen LogP contribution in [-0.2, 0) is 0 Å². The van der Waals surface area contributed by atoms with Gasteiger partial charge in [0.1, 0.15) is 6.33 Å². The monoisotopic (exact) mass is 338 g/mol. The number of aromatic hydroxyl groups is 1. The van der Waals surface area contributed by atoms with Crippen LogP contribution in [0.2, 0.25) is 0 Å². The van der Waals surface area contributed by atoms with Gasteiger partial charge in [-0.05, 0) is 32.0 Å². The van der Waals surface area contributed by atoms with Crippen LogP contribution in [0.4, 0.5) is 5.82 Å². The lowest BCUT2D eigenvalue weighted by Crippen LogP contribution is -2.04. The number of benzene rings is 1. The van der Waals surface area contributed by atoms with Crippen molar-refractivity contribution in [2.24, 2.45) is 5.10 Å². The molecule has 0 bridgehead atoms. The molecule has 3 aromatic rings. The molecule has 0 spiro atoms. The summed E-state index contributed by atoms with van der Waals surface area (Å²) in [4.78, 5) is 8.35. The molecule has 128 valence electrons.